The molecule has 0 amide bonds. The predicted molar refractivity (Wildman–Crippen MR) is 34.6 cm³/mol. The minimum Gasteiger partial charge on any atom is -0.327 e. The third-order valence-electron chi connectivity index (χ3n) is 1.89. The zero-order valence-corrected chi connectivity index (χ0v) is 5.35. The van der Waals surface area contributed by atoms with Gasteiger partial charge in [0.05, 0.1) is 0 Å². The topological polar surface area (TPSA) is 38.0 Å². The van der Waals surface area contributed by atoms with E-state index in [0.29, 0.717) is 6.04 Å². The lowest BCUT2D eigenvalue weighted by Crippen LogP contribution is -2.51. The molecule has 1 atom stereocenters. The Morgan fingerprint density at radius 2 is 2.38 bits per heavy atom. The second kappa shape index (κ2) is 2.46. The predicted octanol–water partition coefficient (Wildman–Crippen LogP) is -0.0569. The zero-order valence-electron chi connectivity index (χ0n) is 5.35. The van der Waals surface area contributed by atoms with E-state index >= 15 is 0 Å². The van der Waals surface area contributed by atoms with Crippen LogP contribution in [0.4, 0.5) is 0 Å². The van der Waals surface area contributed by atoms with Crippen LogP contribution in [0.2, 0.25) is 0 Å². The average Bonchev–Trinajstić information content (AvgIpc) is 1.62. The summed E-state index contributed by atoms with van der Waals surface area (Å²) in [7, 11) is 0. The lowest BCUT2D eigenvalue weighted by molar-refractivity contribution is 0.286. The van der Waals surface area contributed by atoms with E-state index in [1.54, 1.807) is 0 Å². The number of hydrogen-bond donors (Lipinski definition) is 2. The average molecular weight is 114 g/mol. The summed E-state index contributed by atoms with van der Waals surface area (Å²) >= 11 is 0. The third kappa shape index (κ3) is 1.01. The Kier molecular flexibility index (Phi) is 1.86. The highest BCUT2D eigenvalue weighted by Gasteiger charge is 2.21. The summed E-state index contributed by atoms with van der Waals surface area (Å²) in [5, 5.41) is 3.20. The van der Waals surface area contributed by atoms with Crippen LogP contribution in [0.1, 0.15) is 13.3 Å². The summed E-state index contributed by atoms with van der Waals surface area (Å²) in [6, 6.07) is 0.441. The van der Waals surface area contributed by atoms with Crippen molar-refractivity contribution in [1.29, 1.82) is 0 Å². The monoisotopic (exact) mass is 114 g/mol. The summed E-state index contributed by atoms with van der Waals surface area (Å²) in [5.41, 5.74) is 5.74. The molecular weight excluding hydrogens is 100 g/mol. The Labute approximate surface area is 50.4 Å². The first-order chi connectivity index (χ1) is 3.84. The highest BCUT2D eigenvalue weighted by atomic mass is 15.0. The fourth-order valence-corrected chi connectivity index (χ4v) is 0.947. The molecule has 0 aromatic heterocycles. The molecule has 0 spiro atoms. The fourth-order valence-electron chi connectivity index (χ4n) is 0.947. The maximum absolute atomic E-state index is 5.74. The van der Waals surface area contributed by atoms with Gasteiger partial charge in [-0.3, -0.25) is 0 Å². The van der Waals surface area contributed by atoms with Crippen molar-refractivity contribution < 1.29 is 0 Å². The fraction of sp³-hybridized carbons (Fsp3) is 1.00. The van der Waals surface area contributed by atoms with Gasteiger partial charge in [-0.2, -0.15) is 0 Å². The van der Waals surface area contributed by atoms with Crippen LogP contribution in [0.15, 0.2) is 0 Å². The molecule has 1 fully saturated rings. The molecule has 0 aromatic carbocycles. The molecule has 1 rings (SSSR count). The van der Waals surface area contributed by atoms with E-state index in [1.807, 2.05) is 0 Å². The van der Waals surface area contributed by atoms with Crippen molar-refractivity contribution >= 4 is 0 Å². The molecule has 1 aliphatic heterocycles. The number of hydrogen-bond acceptors (Lipinski definition) is 2. The maximum atomic E-state index is 5.74. The van der Waals surface area contributed by atoms with Crippen LogP contribution in [0, 0.1) is 5.92 Å². The second-order valence-electron chi connectivity index (χ2n) is 2.49. The largest absolute Gasteiger partial charge is 0.327 e. The summed E-state index contributed by atoms with van der Waals surface area (Å²) in [4.78, 5) is 0. The minimum absolute atomic E-state index is 0.441. The molecule has 48 valence electrons. The van der Waals surface area contributed by atoms with Gasteiger partial charge in [0, 0.05) is 19.1 Å². The van der Waals surface area contributed by atoms with E-state index in [1.165, 1.54) is 0 Å². The zero-order chi connectivity index (χ0) is 5.98. The lowest BCUT2D eigenvalue weighted by atomic mass is 9.93. The van der Waals surface area contributed by atoms with E-state index in [0.717, 1.165) is 25.4 Å². The lowest BCUT2D eigenvalue weighted by Gasteiger charge is -2.31. The van der Waals surface area contributed by atoms with Crippen molar-refractivity contribution in [3.8, 4) is 0 Å². The van der Waals surface area contributed by atoms with Crippen LogP contribution in [-0.4, -0.2) is 19.1 Å². The van der Waals surface area contributed by atoms with Gasteiger partial charge in [0.15, 0.2) is 0 Å². The molecule has 1 aliphatic rings. The maximum Gasteiger partial charge on any atom is 0.00888 e. The molecule has 0 bridgehead atoms. The number of nitrogens with two attached hydrogens (primary N) is 1. The van der Waals surface area contributed by atoms with Gasteiger partial charge < -0.3 is 11.1 Å². The molecule has 2 nitrogen and oxygen atoms in total. The van der Waals surface area contributed by atoms with Crippen LogP contribution in [0.5, 0.6) is 0 Å². The standard InChI is InChI=1S/C6H14N2/c1-2-6(7)5-3-8-4-5/h5-6,8H,2-4,7H2,1H3. The Morgan fingerprint density at radius 3 is 2.50 bits per heavy atom. The van der Waals surface area contributed by atoms with Gasteiger partial charge in [-0.25, -0.2) is 0 Å². The molecule has 0 aromatic rings. The van der Waals surface area contributed by atoms with E-state index in [4.69, 9.17) is 5.73 Å². The molecule has 0 radical (unpaired) electrons. The molecule has 1 saturated heterocycles. The highest BCUT2D eigenvalue weighted by Crippen LogP contribution is 2.08. The second-order valence-corrected chi connectivity index (χ2v) is 2.49. The summed E-state index contributed by atoms with van der Waals surface area (Å²) < 4.78 is 0. The SMILES string of the molecule is CCC(N)C1CNC1. The van der Waals surface area contributed by atoms with E-state index < -0.39 is 0 Å². The number of nitrogens with one attached hydrogen (secondary N) is 1. The van der Waals surface area contributed by atoms with E-state index in [9.17, 15) is 0 Å². The van der Waals surface area contributed by atoms with Crippen molar-refractivity contribution in [3.63, 3.8) is 0 Å². The van der Waals surface area contributed by atoms with Crippen molar-refractivity contribution in [2.75, 3.05) is 13.1 Å². The summed E-state index contributed by atoms with van der Waals surface area (Å²) in [6.07, 6.45) is 1.12. The van der Waals surface area contributed by atoms with Crippen LogP contribution in [0.25, 0.3) is 0 Å². The summed E-state index contributed by atoms with van der Waals surface area (Å²) in [5.74, 6) is 0.764. The first-order valence-electron chi connectivity index (χ1n) is 3.31. The van der Waals surface area contributed by atoms with Crippen LogP contribution >= 0.6 is 0 Å². The van der Waals surface area contributed by atoms with Crippen LogP contribution < -0.4 is 11.1 Å². The summed E-state index contributed by atoms with van der Waals surface area (Å²) in [6.45, 7) is 4.41. The molecule has 1 unspecified atom stereocenters. The Hall–Kier alpha value is -0.0800. The van der Waals surface area contributed by atoms with Gasteiger partial charge in [-0.1, -0.05) is 6.92 Å². The molecule has 0 saturated carbocycles. The Balaban J connectivity index is 2.13. The molecular formula is C6H14N2. The van der Waals surface area contributed by atoms with Crippen molar-refractivity contribution in [2.24, 2.45) is 11.7 Å². The van der Waals surface area contributed by atoms with Gasteiger partial charge in [0.25, 0.3) is 0 Å². The van der Waals surface area contributed by atoms with Crippen LogP contribution in [-0.2, 0) is 0 Å². The van der Waals surface area contributed by atoms with Gasteiger partial charge >= 0.3 is 0 Å². The van der Waals surface area contributed by atoms with E-state index in [2.05, 4.69) is 12.2 Å². The first kappa shape index (κ1) is 6.05. The van der Waals surface area contributed by atoms with Gasteiger partial charge in [0.2, 0.25) is 0 Å². The van der Waals surface area contributed by atoms with Gasteiger partial charge in [-0.05, 0) is 12.3 Å². The third-order valence-corrected chi connectivity index (χ3v) is 1.89. The van der Waals surface area contributed by atoms with Crippen molar-refractivity contribution in [3.05, 3.63) is 0 Å². The quantitative estimate of drug-likeness (QED) is 0.528. The minimum atomic E-state index is 0.441. The normalized spacial score (nSPS) is 24.8. The van der Waals surface area contributed by atoms with Gasteiger partial charge in [0.1, 0.15) is 0 Å². The molecule has 0 aliphatic carbocycles. The van der Waals surface area contributed by atoms with Crippen LogP contribution in [0.3, 0.4) is 0 Å². The molecule has 3 N–H and O–H groups in total. The van der Waals surface area contributed by atoms with E-state index in [-0.39, 0.29) is 0 Å². The first-order valence-corrected chi connectivity index (χ1v) is 3.31. The van der Waals surface area contributed by atoms with Crippen molar-refractivity contribution in [2.45, 2.75) is 19.4 Å². The molecule has 2 heteroatoms. The highest BCUT2D eigenvalue weighted by molar-refractivity contribution is 4.82. The molecule has 8 heavy (non-hydrogen) atoms. The van der Waals surface area contributed by atoms with Crippen molar-refractivity contribution in [1.82, 2.24) is 5.32 Å². The Morgan fingerprint density at radius 1 is 1.75 bits per heavy atom. The molecule has 1 heterocycles. The Bertz CT molecular complexity index is 66.2. The number of rotatable bonds is 2. The van der Waals surface area contributed by atoms with Gasteiger partial charge in [-0.15, -0.1) is 0 Å². The smallest absolute Gasteiger partial charge is 0.00888 e.